The number of nitrogens with one attached hydrogen (secondary N) is 1. The maximum Gasteiger partial charge on any atom is 0.119 e. The van der Waals surface area contributed by atoms with Crippen LogP contribution < -0.4 is 10.1 Å². The summed E-state index contributed by atoms with van der Waals surface area (Å²) < 4.78 is 11.6. The minimum atomic E-state index is 0.140. The minimum absolute atomic E-state index is 0.140. The second-order valence-electron chi connectivity index (χ2n) is 6.43. The molecule has 0 amide bonds. The van der Waals surface area contributed by atoms with Gasteiger partial charge in [0.1, 0.15) is 5.75 Å². The van der Waals surface area contributed by atoms with Crippen LogP contribution in [0.2, 0.25) is 0 Å². The Kier molecular flexibility index (Phi) is 5.15. The third-order valence-electron chi connectivity index (χ3n) is 4.64. The van der Waals surface area contributed by atoms with E-state index < -0.39 is 0 Å². The first kappa shape index (κ1) is 14.9. The van der Waals surface area contributed by atoms with Gasteiger partial charge in [-0.3, -0.25) is 0 Å². The highest BCUT2D eigenvalue weighted by Crippen LogP contribution is 2.29. The molecule has 2 fully saturated rings. The Morgan fingerprint density at radius 1 is 1.19 bits per heavy atom. The summed E-state index contributed by atoms with van der Waals surface area (Å²) in [6, 6.07) is 9.01. The molecule has 0 saturated heterocycles. The van der Waals surface area contributed by atoms with Gasteiger partial charge in [-0.15, -0.1) is 0 Å². The SMILES string of the molecule is COc1cccc(C(CNC2CC2)OCC2CCCC2)c1. The zero-order valence-corrected chi connectivity index (χ0v) is 13.0. The zero-order valence-electron chi connectivity index (χ0n) is 13.0. The van der Waals surface area contributed by atoms with Crippen molar-refractivity contribution in [3.8, 4) is 5.75 Å². The summed E-state index contributed by atoms with van der Waals surface area (Å²) in [5.41, 5.74) is 1.22. The van der Waals surface area contributed by atoms with E-state index in [2.05, 4.69) is 23.5 Å². The predicted octanol–water partition coefficient (Wildman–Crippen LogP) is 3.70. The van der Waals surface area contributed by atoms with E-state index in [4.69, 9.17) is 9.47 Å². The molecule has 1 aromatic carbocycles. The Morgan fingerprint density at radius 3 is 2.71 bits per heavy atom. The lowest BCUT2D eigenvalue weighted by Crippen LogP contribution is -2.26. The monoisotopic (exact) mass is 289 g/mol. The molecule has 0 heterocycles. The largest absolute Gasteiger partial charge is 0.497 e. The quantitative estimate of drug-likeness (QED) is 0.791. The van der Waals surface area contributed by atoms with Gasteiger partial charge < -0.3 is 14.8 Å². The summed E-state index contributed by atoms with van der Waals surface area (Å²) in [6.45, 7) is 1.80. The Morgan fingerprint density at radius 2 is 2.00 bits per heavy atom. The van der Waals surface area contributed by atoms with E-state index in [-0.39, 0.29) is 6.10 Å². The van der Waals surface area contributed by atoms with Crippen LogP contribution in [0.5, 0.6) is 5.75 Å². The molecular formula is C18H27NO2. The molecule has 2 aliphatic rings. The number of hydrogen-bond donors (Lipinski definition) is 1. The number of ether oxygens (including phenoxy) is 2. The van der Waals surface area contributed by atoms with Crippen LogP contribution in [0.4, 0.5) is 0 Å². The van der Waals surface area contributed by atoms with E-state index in [0.29, 0.717) is 6.04 Å². The molecule has 0 spiro atoms. The van der Waals surface area contributed by atoms with Crippen LogP contribution in [0.25, 0.3) is 0 Å². The Balaban J connectivity index is 1.61. The zero-order chi connectivity index (χ0) is 14.5. The van der Waals surface area contributed by atoms with E-state index in [9.17, 15) is 0 Å². The molecule has 21 heavy (non-hydrogen) atoms. The van der Waals surface area contributed by atoms with Gasteiger partial charge in [-0.25, -0.2) is 0 Å². The standard InChI is InChI=1S/C18H27NO2/c1-20-17-8-4-7-15(11-17)18(12-19-16-9-10-16)21-13-14-5-2-3-6-14/h4,7-8,11,14,16,18-19H,2-3,5-6,9-10,12-13H2,1H3. The summed E-state index contributed by atoms with van der Waals surface area (Å²) >= 11 is 0. The molecule has 0 aliphatic heterocycles. The maximum absolute atomic E-state index is 6.27. The number of methoxy groups -OCH3 is 1. The summed E-state index contributed by atoms with van der Waals surface area (Å²) in [5, 5.41) is 3.60. The van der Waals surface area contributed by atoms with Crippen molar-refractivity contribution >= 4 is 0 Å². The van der Waals surface area contributed by atoms with Gasteiger partial charge >= 0.3 is 0 Å². The summed E-state index contributed by atoms with van der Waals surface area (Å²) in [5.74, 6) is 1.67. The van der Waals surface area contributed by atoms with Crippen molar-refractivity contribution in [2.24, 2.45) is 5.92 Å². The normalized spacial score (nSPS) is 20.6. The van der Waals surface area contributed by atoms with Crippen LogP contribution in [0.3, 0.4) is 0 Å². The highest BCUT2D eigenvalue weighted by Gasteiger charge is 2.24. The molecule has 2 saturated carbocycles. The van der Waals surface area contributed by atoms with E-state index in [1.54, 1.807) is 7.11 Å². The van der Waals surface area contributed by atoms with Gasteiger partial charge in [-0.1, -0.05) is 25.0 Å². The molecule has 1 unspecified atom stereocenters. The van der Waals surface area contributed by atoms with Gasteiger partial charge in [-0.05, 0) is 49.3 Å². The van der Waals surface area contributed by atoms with Crippen LogP contribution >= 0.6 is 0 Å². The second-order valence-corrected chi connectivity index (χ2v) is 6.43. The topological polar surface area (TPSA) is 30.5 Å². The molecule has 1 aromatic rings. The molecule has 1 atom stereocenters. The summed E-state index contributed by atoms with van der Waals surface area (Å²) in [4.78, 5) is 0. The number of rotatable bonds is 8. The minimum Gasteiger partial charge on any atom is -0.497 e. The van der Waals surface area contributed by atoms with Crippen molar-refractivity contribution < 1.29 is 9.47 Å². The Bertz CT molecular complexity index is 439. The highest BCUT2D eigenvalue weighted by atomic mass is 16.5. The van der Waals surface area contributed by atoms with Crippen molar-refractivity contribution in [3.63, 3.8) is 0 Å². The molecule has 3 heteroatoms. The average Bonchev–Trinajstić information content (AvgIpc) is 3.21. The fourth-order valence-corrected chi connectivity index (χ4v) is 3.11. The predicted molar refractivity (Wildman–Crippen MR) is 84.7 cm³/mol. The maximum atomic E-state index is 6.27. The van der Waals surface area contributed by atoms with E-state index >= 15 is 0 Å². The molecule has 2 aliphatic carbocycles. The molecule has 1 N–H and O–H groups in total. The lowest BCUT2D eigenvalue weighted by atomic mass is 10.1. The lowest BCUT2D eigenvalue weighted by molar-refractivity contribution is 0.0291. The smallest absolute Gasteiger partial charge is 0.119 e. The molecule has 0 radical (unpaired) electrons. The van der Waals surface area contributed by atoms with Gasteiger partial charge in [0.25, 0.3) is 0 Å². The van der Waals surface area contributed by atoms with Crippen LogP contribution in [-0.4, -0.2) is 26.3 Å². The number of benzene rings is 1. The van der Waals surface area contributed by atoms with Crippen LogP contribution in [0.1, 0.15) is 50.2 Å². The highest BCUT2D eigenvalue weighted by molar-refractivity contribution is 5.30. The van der Waals surface area contributed by atoms with E-state index in [0.717, 1.165) is 24.8 Å². The third kappa shape index (κ3) is 4.45. The van der Waals surface area contributed by atoms with Gasteiger partial charge in [0.15, 0.2) is 0 Å². The first-order chi connectivity index (χ1) is 10.3. The first-order valence-corrected chi connectivity index (χ1v) is 8.34. The van der Waals surface area contributed by atoms with Crippen molar-refractivity contribution in [2.45, 2.75) is 50.7 Å². The van der Waals surface area contributed by atoms with Crippen LogP contribution in [0, 0.1) is 5.92 Å². The summed E-state index contributed by atoms with van der Waals surface area (Å²) in [7, 11) is 1.72. The first-order valence-electron chi connectivity index (χ1n) is 8.34. The lowest BCUT2D eigenvalue weighted by Gasteiger charge is -2.21. The van der Waals surface area contributed by atoms with Crippen molar-refractivity contribution in [2.75, 3.05) is 20.3 Å². The van der Waals surface area contributed by atoms with E-state index in [1.807, 2.05) is 6.07 Å². The third-order valence-corrected chi connectivity index (χ3v) is 4.64. The summed E-state index contributed by atoms with van der Waals surface area (Å²) in [6.07, 6.45) is 8.18. The molecule has 0 aromatic heterocycles. The van der Waals surface area contributed by atoms with Gasteiger partial charge in [-0.2, -0.15) is 0 Å². The average molecular weight is 289 g/mol. The number of hydrogen-bond acceptors (Lipinski definition) is 3. The molecule has 3 nitrogen and oxygen atoms in total. The van der Waals surface area contributed by atoms with Gasteiger partial charge in [0.2, 0.25) is 0 Å². The Hall–Kier alpha value is -1.06. The Labute approximate surface area is 128 Å². The van der Waals surface area contributed by atoms with Crippen molar-refractivity contribution in [3.05, 3.63) is 29.8 Å². The fourth-order valence-electron chi connectivity index (χ4n) is 3.11. The van der Waals surface area contributed by atoms with Gasteiger partial charge in [0.05, 0.1) is 19.8 Å². The molecular weight excluding hydrogens is 262 g/mol. The van der Waals surface area contributed by atoms with E-state index in [1.165, 1.54) is 44.1 Å². The van der Waals surface area contributed by atoms with Crippen molar-refractivity contribution in [1.82, 2.24) is 5.32 Å². The molecule has 116 valence electrons. The van der Waals surface area contributed by atoms with Crippen LogP contribution in [0.15, 0.2) is 24.3 Å². The molecule has 3 rings (SSSR count). The van der Waals surface area contributed by atoms with Gasteiger partial charge in [0, 0.05) is 12.6 Å². The van der Waals surface area contributed by atoms with Crippen LogP contribution in [-0.2, 0) is 4.74 Å². The second kappa shape index (κ2) is 7.28. The molecule has 0 bridgehead atoms. The fraction of sp³-hybridized carbons (Fsp3) is 0.667. The van der Waals surface area contributed by atoms with Crippen molar-refractivity contribution in [1.29, 1.82) is 0 Å².